The molecular formula is C31H34BrNO3S. The predicted molar refractivity (Wildman–Crippen MR) is 153 cm³/mol. The minimum atomic E-state index is -4.25. The standard InChI is InChI=1S/C25H29BrN.C6H6O3S/c1-6-27-15-23(20-11-9-10-19(14-20)17(2)3)25(26)24(16-27)22-13-8-7-12-21(22)18(4)5;7-10(8,9)6-4-2-1-3-5-6/h7-18H,6H2,1-5H3;1-5H,(H,7,8,9)/q+1;/p-1. The Morgan fingerprint density at radius 1 is 0.784 bits per heavy atom. The highest BCUT2D eigenvalue weighted by Gasteiger charge is 2.19. The van der Waals surface area contributed by atoms with Crippen LogP contribution in [0, 0.1) is 0 Å². The van der Waals surface area contributed by atoms with E-state index in [1.807, 2.05) is 0 Å². The lowest BCUT2D eigenvalue weighted by atomic mass is 9.91. The topological polar surface area (TPSA) is 61.1 Å². The molecule has 4 aromatic rings. The Kier molecular flexibility index (Phi) is 9.82. The van der Waals surface area contributed by atoms with Gasteiger partial charge in [0.05, 0.1) is 16.0 Å². The second-order valence-corrected chi connectivity index (χ2v) is 11.7. The van der Waals surface area contributed by atoms with E-state index < -0.39 is 10.1 Å². The largest absolute Gasteiger partial charge is 0.744 e. The lowest BCUT2D eigenvalue weighted by Gasteiger charge is -2.16. The monoisotopic (exact) mass is 579 g/mol. The van der Waals surface area contributed by atoms with Crippen molar-refractivity contribution in [2.45, 2.75) is 57.9 Å². The fourth-order valence-electron chi connectivity index (χ4n) is 4.10. The Hall–Kier alpha value is -2.80. The molecule has 0 aliphatic rings. The van der Waals surface area contributed by atoms with Crippen LogP contribution in [0.1, 0.15) is 57.6 Å². The van der Waals surface area contributed by atoms with Gasteiger partial charge in [0.25, 0.3) is 0 Å². The van der Waals surface area contributed by atoms with Crippen molar-refractivity contribution in [3.63, 3.8) is 0 Å². The molecule has 194 valence electrons. The summed E-state index contributed by atoms with van der Waals surface area (Å²) in [6, 6.07) is 24.9. The molecule has 4 rings (SSSR count). The molecule has 0 bridgehead atoms. The molecule has 0 amide bonds. The summed E-state index contributed by atoms with van der Waals surface area (Å²) in [5, 5.41) is 0. The van der Waals surface area contributed by atoms with Crippen LogP contribution in [0.15, 0.2) is 101 Å². The number of nitrogens with zero attached hydrogens (tertiary/aromatic N) is 1. The van der Waals surface area contributed by atoms with E-state index in [9.17, 15) is 13.0 Å². The van der Waals surface area contributed by atoms with Gasteiger partial charge in [-0.15, -0.1) is 0 Å². The highest BCUT2D eigenvalue weighted by Crippen LogP contribution is 2.39. The molecule has 0 aliphatic heterocycles. The zero-order valence-corrected chi connectivity index (χ0v) is 24.4. The first kappa shape index (κ1) is 28.8. The highest BCUT2D eigenvalue weighted by molar-refractivity contribution is 9.10. The molecule has 6 heteroatoms. The van der Waals surface area contributed by atoms with E-state index >= 15 is 0 Å². The van der Waals surface area contributed by atoms with Gasteiger partial charge in [-0.25, -0.2) is 13.0 Å². The summed E-state index contributed by atoms with van der Waals surface area (Å²) < 4.78 is 34.3. The molecule has 0 aliphatic carbocycles. The van der Waals surface area contributed by atoms with Crippen molar-refractivity contribution in [3.8, 4) is 22.3 Å². The van der Waals surface area contributed by atoms with Crippen molar-refractivity contribution in [2.75, 3.05) is 0 Å². The van der Waals surface area contributed by atoms with Crippen LogP contribution in [0.5, 0.6) is 0 Å². The summed E-state index contributed by atoms with van der Waals surface area (Å²) in [7, 11) is -4.25. The Morgan fingerprint density at radius 2 is 1.41 bits per heavy atom. The summed E-state index contributed by atoms with van der Waals surface area (Å²) >= 11 is 3.95. The first-order chi connectivity index (χ1) is 17.5. The van der Waals surface area contributed by atoms with Gasteiger partial charge >= 0.3 is 0 Å². The van der Waals surface area contributed by atoms with Crippen LogP contribution in [0.4, 0.5) is 0 Å². The predicted octanol–water partition coefficient (Wildman–Crippen LogP) is 7.93. The third-order valence-electron chi connectivity index (χ3n) is 6.20. The van der Waals surface area contributed by atoms with E-state index in [1.54, 1.807) is 6.07 Å². The van der Waals surface area contributed by atoms with Gasteiger partial charge in [0.15, 0.2) is 12.4 Å². The zero-order chi connectivity index (χ0) is 27.2. The molecule has 0 radical (unpaired) electrons. The number of benzene rings is 3. The molecule has 3 aromatic carbocycles. The van der Waals surface area contributed by atoms with Crippen molar-refractivity contribution in [2.24, 2.45) is 0 Å². The summed E-state index contributed by atoms with van der Waals surface area (Å²) in [5.74, 6) is 1.00. The van der Waals surface area contributed by atoms with E-state index in [1.165, 1.54) is 62.1 Å². The van der Waals surface area contributed by atoms with E-state index in [-0.39, 0.29) is 4.90 Å². The van der Waals surface area contributed by atoms with Gasteiger partial charge in [0, 0.05) is 4.47 Å². The maximum atomic E-state index is 10.3. The minimum absolute atomic E-state index is 0.185. The average molecular weight is 581 g/mol. The zero-order valence-electron chi connectivity index (χ0n) is 22.0. The molecular weight excluding hydrogens is 546 g/mol. The van der Waals surface area contributed by atoms with Crippen LogP contribution in [0.25, 0.3) is 22.3 Å². The summed E-state index contributed by atoms with van der Waals surface area (Å²) in [5.41, 5.74) is 7.83. The van der Waals surface area contributed by atoms with Crippen molar-refractivity contribution in [1.82, 2.24) is 0 Å². The van der Waals surface area contributed by atoms with Crippen LogP contribution < -0.4 is 4.57 Å². The van der Waals surface area contributed by atoms with Crippen molar-refractivity contribution < 1.29 is 17.5 Å². The lowest BCUT2D eigenvalue weighted by molar-refractivity contribution is -0.692. The molecule has 0 atom stereocenters. The van der Waals surface area contributed by atoms with Crippen molar-refractivity contribution >= 4 is 26.0 Å². The number of halogens is 1. The van der Waals surface area contributed by atoms with Gasteiger partial charge < -0.3 is 4.55 Å². The Balaban J connectivity index is 0.000000319. The molecule has 0 spiro atoms. The number of rotatable bonds is 6. The van der Waals surface area contributed by atoms with Crippen molar-refractivity contribution in [3.05, 3.63) is 107 Å². The Morgan fingerprint density at radius 3 is 1.97 bits per heavy atom. The Labute approximate surface area is 229 Å². The maximum Gasteiger partial charge on any atom is 0.177 e. The molecule has 0 unspecified atom stereocenters. The number of aromatic nitrogens is 1. The second kappa shape index (κ2) is 12.6. The van der Waals surface area contributed by atoms with Crippen LogP contribution >= 0.6 is 15.9 Å². The van der Waals surface area contributed by atoms with Gasteiger partial charge in [0.1, 0.15) is 16.7 Å². The second-order valence-electron chi connectivity index (χ2n) is 9.52. The third-order valence-corrected chi connectivity index (χ3v) is 7.90. The van der Waals surface area contributed by atoms with Crippen LogP contribution in [0.3, 0.4) is 0 Å². The molecule has 4 nitrogen and oxygen atoms in total. The molecule has 0 saturated heterocycles. The molecule has 0 saturated carbocycles. The van der Waals surface area contributed by atoms with Gasteiger partial charge in [-0.3, -0.25) is 0 Å². The fourth-order valence-corrected chi connectivity index (χ4v) is 5.23. The van der Waals surface area contributed by atoms with Gasteiger partial charge in [0.2, 0.25) is 0 Å². The van der Waals surface area contributed by atoms with E-state index in [2.05, 4.69) is 116 Å². The van der Waals surface area contributed by atoms with Crippen LogP contribution in [-0.4, -0.2) is 13.0 Å². The van der Waals surface area contributed by atoms with Gasteiger partial charge in [-0.05, 0) is 69.1 Å². The van der Waals surface area contributed by atoms with Crippen LogP contribution in [-0.2, 0) is 16.7 Å². The number of aryl methyl sites for hydroxylation is 1. The summed E-state index contributed by atoms with van der Waals surface area (Å²) in [6.07, 6.45) is 4.52. The molecule has 37 heavy (non-hydrogen) atoms. The van der Waals surface area contributed by atoms with Gasteiger partial charge in [-0.2, -0.15) is 0 Å². The van der Waals surface area contributed by atoms with Crippen molar-refractivity contribution in [1.29, 1.82) is 0 Å². The molecule has 0 fully saturated rings. The third kappa shape index (κ3) is 7.37. The first-order valence-electron chi connectivity index (χ1n) is 12.5. The maximum absolute atomic E-state index is 10.3. The number of hydrogen-bond donors (Lipinski definition) is 0. The highest BCUT2D eigenvalue weighted by atomic mass is 79.9. The van der Waals surface area contributed by atoms with E-state index in [4.69, 9.17) is 0 Å². The molecule has 0 N–H and O–H groups in total. The molecule has 1 aromatic heterocycles. The van der Waals surface area contributed by atoms with E-state index in [0.717, 1.165) is 6.54 Å². The fraction of sp³-hybridized carbons (Fsp3) is 0.258. The quantitative estimate of drug-likeness (QED) is 0.172. The Bertz CT molecular complexity index is 1450. The SMILES string of the molecule is CC[n+]1cc(-c2cccc(C(C)C)c2)c(Br)c(-c2ccccc2C(C)C)c1.O=S(=O)([O-])c1ccccc1. The average Bonchev–Trinajstić information content (AvgIpc) is 2.89. The number of pyridine rings is 1. The van der Waals surface area contributed by atoms with Gasteiger partial charge in [-0.1, -0.05) is 94.4 Å². The first-order valence-corrected chi connectivity index (χ1v) is 14.7. The normalized spacial score (nSPS) is 11.4. The van der Waals surface area contributed by atoms with Crippen LogP contribution in [0.2, 0.25) is 0 Å². The summed E-state index contributed by atoms with van der Waals surface area (Å²) in [4.78, 5) is -0.185. The lowest BCUT2D eigenvalue weighted by Crippen LogP contribution is -2.32. The number of hydrogen-bond acceptors (Lipinski definition) is 3. The molecule has 1 heterocycles. The minimum Gasteiger partial charge on any atom is -0.744 e. The smallest absolute Gasteiger partial charge is 0.177 e. The summed E-state index contributed by atoms with van der Waals surface area (Å²) in [6.45, 7) is 12.2. The van der Waals surface area contributed by atoms with E-state index in [0.29, 0.717) is 11.8 Å².